The maximum Gasteiger partial charge on any atom is 0.338 e. The fourth-order valence-electron chi connectivity index (χ4n) is 1.64. The molecule has 1 aromatic carbocycles. The number of aliphatic hydroxyl groups is 3. The van der Waals surface area contributed by atoms with E-state index >= 15 is 0 Å². The van der Waals surface area contributed by atoms with Gasteiger partial charge in [0.2, 0.25) is 0 Å². The van der Waals surface area contributed by atoms with Crippen LogP contribution in [0.3, 0.4) is 0 Å². The number of nitrogens with one attached hydrogen (secondary N) is 1. The van der Waals surface area contributed by atoms with Crippen molar-refractivity contribution in [1.82, 2.24) is 5.32 Å². The number of esters is 1. The van der Waals surface area contributed by atoms with Crippen molar-refractivity contribution in [3.8, 4) is 0 Å². The van der Waals surface area contributed by atoms with Gasteiger partial charge in [0.25, 0.3) is 0 Å². The molecule has 4 N–H and O–H groups in total. The van der Waals surface area contributed by atoms with E-state index < -0.39 is 36.9 Å². The molecular formula is C15H23NO5. The lowest BCUT2D eigenvalue weighted by atomic mass is 10.0. The van der Waals surface area contributed by atoms with Crippen LogP contribution in [-0.2, 0) is 4.74 Å². The molecule has 0 amide bonds. The second kappa shape index (κ2) is 7.51. The molecule has 118 valence electrons. The SMILES string of the molecule is CC(C)(CNC(CO)(CO)CO)OC(=O)c1ccccc1. The Morgan fingerprint density at radius 2 is 1.62 bits per heavy atom. The molecule has 0 spiro atoms. The van der Waals surface area contributed by atoms with Gasteiger partial charge in [0.15, 0.2) is 0 Å². The summed E-state index contributed by atoms with van der Waals surface area (Å²) in [6, 6.07) is 8.62. The van der Waals surface area contributed by atoms with E-state index in [9.17, 15) is 20.1 Å². The van der Waals surface area contributed by atoms with E-state index in [-0.39, 0.29) is 6.54 Å². The molecule has 0 unspecified atom stereocenters. The standard InChI is InChI=1S/C15H23NO5/c1-14(2,8-16-15(9-17,10-18)11-19)21-13(20)12-6-4-3-5-7-12/h3-7,16-19H,8-11H2,1-2H3. The molecule has 6 nitrogen and oxygen atoms in total. The summed E-state index contributed by atoms with van der Waals surface area (Å²) < 4.78 is 5.41. The lowest BCUT2D eigenvalue weighted by Gasteiger charge is -2.34. The first-order valence-electron chi connectivity index (χ1n) is 6.74. The third-order valence-electron chi connectivity index (χ3n) is 3.18. The van der Waals surface area contributed by atoms with Crippen molar-refractivity contribution in [2.45, 2.75) is 25.0 Å². The van der Waals surface area contributed by atoms with Crippen LogP contribution in [-0.4, -0.2) is 58.8 Å². The third-order valence-corrected chi connectivity index (χ3v) is 3.18. The number of benzene rings is 1. The smallest absolute Gasteiger partial charge is 0.338 e. The van der Waals surface area contributed by atoms with Gasteiger partial charge in [-0.15, -0.1) is 0 Å². The molecule has 0 fully saturated rings. The van der Waals surface area contributed by atoms with Crippen LogP contribution >= 0.6 is 0 Å². The van der Waals surface area contributed by atoms with Crippen molar-refractivity contribution in [2.75, 3.05) is 26.4 Å². The van der Waals surface area contributed by atoms with Crippen molar-refractivity contribution < 1.29 is 24.9 Å². The summed E-state index contributed by atoms with van der Waals surface area (Å²) >= 11 is 0. The monoisotopic (exact) mass is 297 g/mol. The van der Waals surface area contributed by atoms with Crippen LogP contribution in [0.5, 0.6) is 0 Å². The minimum absolute atomic E-state index is 0.174. The highest BCUT2D eigenvalue weighted by Crippen LogP contribution is 2.14. The predicted octanol–water partition coefficient (Wildman–Crippen LogP) is -0.0727. The summed E-state index contributed by atoms with van der Waals surface area (Å²) in [5.41, 5.74) is -1.61. The quantitative estimate of drug-likeness (QED) is 0.501. The summed E-state index contributed by atoms with van der Waals surface area (Å²) in [7, 11) is 0. The van der Waals surface area contributed by atoms with Crippen molar-refractivity contribution in [3.63, 3.8) is 0 Å². The number of hydrogen-bond donors (Lipinski definition) is 4. The van der Waals surface area contributed by atoms with Gasteiger partial charge in [-0.3, -0.25) is 0 Å². The largest absolute Gasteiger partial charge is 0.455 e. The van der Waals surface area contributed by atoms with Crippen LogP contribution < -0.4 is 5.32 Å². The molecule has 0 bridgehead atoms. The molecule has 0 aromatic heterocycles. The van der Waals surface area contributed by atoms with Crippen molar-refractivity contribution >= 4 is 5.97 Å². The molecule has 21 heavy (non-hydrogen) atoms. The average molecular weight is 297 g/mol. The second-order valence-corrected chi connectivity index (χ2v) is 5.62. The van der Waals surface area contributed by atoms with Crippen molar-refractivity contribution in [3.05, 3.63) is 35.9 Å². The topological polar surface area (TPSA) is 99.0 Å². The molecule has 0 atom stereocenters. The van der Waals surface area contributed by atoms with Gasteiger partial charge in [-0.1, -0.05) is 18.2 Å². The number of aliphatic hydroxyl groups excluding tert-OH is 3. The van der Waals surface area contributed by atoms with E-state index in [4.69, 9.17) is 4.74 Å². The number of hydrogen-bond acceptors (Lipinski definition) is 6. The maximum atomic E-state index is 12.0. The number of carbonyl (C=O) groups is 1. The Morgan fingerprint density at radius 1 is 1.10 bits per heavy atom. The van der Waals surface area contributed by atoms with E-state index in [0.717, 1.165) is 0 Å². The highest BCUT2D eigenvalue weighted by atomic mass is 16.6. The second-order valence-electron chi connectivity index (χ2n) is 5.62. The molecular weight excluding hydrogens is 274 g/mol. The zero-order valence-electron chi connectivity index (χ0n) is 12.4. The molecule has 0 aliphatic heterocycles. The first kappa shape index (κ1) is 17.6. The van der Waals surface area contributed by atoms with Gasteiger partial charge in [-0.2, -0.15) is 0 Å². The third kappa shape index (κ3) is 5.09. The Kier molecular flexibility index (Phi) is 6.29. The van der Waals surface area contributed by atoms with E-state index in [2.05, 4.69) is 5.32 Å². The van der Waals surface area contributed by atoms with E-state index in [1.807, 2.05) is 6.07 Å². The van der Waals surface area contributed by atoms with Gasteiger partial charge in [0, 0.05) is 6.54 Å². The zero-order chi connectivity index (χ0) is 15.9. The fraction of sp³-hybridized carbons (Fsp3) is 0.533. The predicted molar refractivity (Wildman–Crippen MR) is 77.9 cm³/mol. The Bertz CT molecular complexity index is 434. The first-order chi connectivity index (χ1) is 9.88. The molecule has 0 saturated carbocycles. The Balaban J connectivity index is 2.63. The fourth-order valence-corrected chi connectivity index (χ4v) is 1.64. The van der Waals surface area contributed by atoms with Crippen LogP contribution in [0, 0.1) is 0 Å². The molecule has 0 aliphatic carbocycles. The van der Waals surface area contributed by atoms with E-state index in [1.54, 1.807) is 38.1 Å². The minimum Gasteiger partial charge on any atom is -0.455 e. The van der Waals surface area contributed by atoms with Crippen molar-refractivity contribution in [2.24, 2.45) is 0 Å². The van der Waals surface area contributed by atoms with E-state index in [1.165, 1.54) is 0 Å². The zero-order valence-corrected chi connectivity index (χ0v) is 12.4. The number of carbonyl (C=O) groups excluding carboxylic acids is 1. The lowest BCUT2D eigenvalue weighted by molar-refractivity contribution is -0.0151. The van der Waals surface area contributed by atoms with Crippen LogP contribution in [0.4, 0.5) is 0 Å². The summed E-state index contributed by atoms with van der Waals surface area (Å²) in [4.78, 5) is 12.0. The number of ether oxygens (including phenoxy) is 1. The van der Waals surface area contributed by atoms with Crippen molar-refractivity contribution in [1.29, 1.82) is 0 Å². The summed E-state index contributed by atoms with van der Waals surface area (Å²) in [5.74, 6) is -0.454. The summed E-state index contributed by atoms with van der Waals surface area (Å²) in [6.07, 6.45) is 0. The maximum absolute atomic E-state index is 12.0. The molecule has 0 saturated heterocycles. The molecule has 1 aromatic rings. The van der Waals surface area contributed by atoms with Gasteiger partial charge in [-0.05, 0) is 26.0 Å². The van der Waals surface area contributed by atoms with E-state index in [0.29, 0.717) is 5.56 Å². The van der Waals surface area contributed by atoms with Gasteiger partial charge in [-0.25, -0.2) is 4.79 Å². The van der Waals surface area contributed by atoms with Gasteiger partial charge in [0.05, 0.1) is 30.9 Å². The molecule has 6 heteroatoms. The molecule has 0 heterocycles. The summed E-state index contributed by atoms with van der Waals surface area (Å²) in [6.45, 7) is 2.30. The Labute approximate surface area is 124 Å². The number of rotatable bonds is 8. The minimum atomic E-state index is -1.20. The Morgan fingerprint density at radius 3 is 2.10 bits per heavy atom. The van der Waals surface area contributed by atoms with Crippen LogP contribution in [0.2, 0.25) is 0 Å². The average Bonchev–Trinajstić information content (AvgIpc) is 2.50. The van der Waals surface area contributed by atoms with Gasteiger partial charge < -0.3 is 25.4 Å². The highest BCUT2D eigenvalue weighted by molar-refractivity contribution is 5.89. The summed E-state index contributed by atoms with van der Waals surface area (Å²) in [5, 5.41) is 30.6. The highest BCUT2D eigenvalue weighted by Gasteiger charge is 2.32. The lowest BCUT2D eigenvalue weighted by Crippen LogP contribution is -2.58. The molecule has 1 rings (SSSR count). The molecule has 0 aliphatic rings. The van der Waals surface area contributed by atoms with Gasteiger partial charge >= 0.3 is 5.97 Å². The van der Waals surface area contributed by atoms with Gasteiger partial charge in [0.1, 0.15) is 5.60 Å². The first-order valence-corrected chi connectivity index (χ1v) is 6.74. The van der Waals surface area contributed by atoms with Crippen LogP contribution in [0.15, 0.2) is 30.3 Å². The Hall–Kier alpha value is -1.47. The van der Waals surface area contributed by atoms with Crippen LogP contribution in [0.25, 0.3) is 0 Å². The van der Waals surface area contributed by atoms with Crippen LogP contribution in [0.1, 0.15) is 24.2 Å². The normalized spacial score (nSPS) is 12.2. The molecule has 0 radical (unpaired) electrons.